The van der Waals surface area contributed by atoms with Crippen LogP contribution < -0.4 is 0 Å². The highest BCUT2D eigenvalue weighted by Gasteiger charge is 2.49. The molecule has 2 aromatic carbocycles. The van der Waals surface area contributed by atoms with Gasteiger partial charge in [-0.05, 0) is 37.1 Å². The van der Waals surface area contributed by atoms with E-state index < -0.39 is 40.4 Å². The third-order valence-corrected chi connectivity index (χ3v) is 6.32. The lowest BCUT2D eigenvalue weighted by atomic mass is 9.97. The zero-order valence-corrected chi connectivity index (χ0v) is 18.4. The van der Waals surface area contributed by atoms with Crippen LogP contribution >= 0.6 is 0 Å². The molecule has 2 saturated heterocycles. The zero-order chi connectivity index (χ0) is 22.7. The van der Waals surface area contributed by atoms with Crippen LogP contribution in [0.5, 0.6) is 0 Å². The molecule has 4 rings (SSSR count). The Morgan fingerprint density at radius 3 is 2.03 bits per heavy atom. The molecule has 0 spiro atoms. The highest BCUT2D eigenvalue weighted by atomic mass is 32.2. The minimum atomic E-state index is -3.62. The van der Waals surface area contributed by atoms with E-state index in [-0.39, 0.29) is 6.04 Å². The normalized spacial score (nSPS) is 25.7. The molecule has 0 aromatic heterocycles. The number of hydrogen-bond acceptors (Lipinski definition) is 8. The van der Waals surface area contributed by atoms with Crippen LogP contribution in [0.3, 0.4) is 0 Å². The van der Waals surface area contributed by atoms with Gasteiger partial charge in [-0.1, -0.05) is 36.4 Å². The van der Waals surface area contributed by atoms with E-state index in [1.807, 2.05) is 0 Å². The molecule has 2 aliphatic heterocycles. The Morgan fingerprint density at radius 1 is 0.906 bits per heavy atom. The number of piperidine rings is 1. The van der Waals surface area contributed by atoms with Crippen LogP contribution in [0.15, 0.2) is 60.7 Å². The molecule has 2 aromatic rings. The molecule has 0 radical (unpaired) electrons. The Kier molecular flexibility index (Phi) is 6.59. The fraction of sp³-hybridized carbons (Fsp3) is 0.391. The Balaban J connectivity index is 1.54. The van der Waals surface area contributed by atoms with Crippen LogP contribution in [0.25, 0.3) is 0 Å². The Bertz CT molecular complexity index is 1060. The maximum absolute atomic E-state index is 12.8. The Labute approximate surface area is 187 Å². The molecule has 32 heavy (non-hydrogen) atoms. The second kappa shape index (κ2) is 9.40. The van der Waals surface area contributed by atoms with E-state index in [4.69, 9.17) is 13.7 Å². The van der Waals surface area contributed by atoms with Crippen molar-refractivity contribution in [2.75, 3.05) is 19.3 Å². The van der Waals surface area contributed by atoms with Crippen LogP contribution in [0.2, 0.25) is 0 Å². The van der Waals surface area contributed by atoms with Gasteiger partial charge in [0.2, 0.25) is 0 Å². The van der Waals surface area contributed by atoms with E-state index >= 15 is 0 Å². The number of benzene rings is 2. The van der Waals surface area contributed by atoms with E-state index in [1.54, 1.807) is 60.7 Å². The average molecular weight is 460 g/mol. The monoisotopic (exact) mass is 459 g/mol. The number of carbonyl (C=O) groups is 2. The molecule has 0 unspecified atom stereocenters. The van der Waals surface area contributed by atoms with Gasteiger partial charge in [-0.25, -0.2) is 9.59 Å². The summed E-state index contributed by atoms with van der Waals surface area (Å²) in [6.45, 7) is 0.936. The van der Waals surface area contributed by atoms with Gasteiger partial charge in [0.15, 0.2) is 12.2 Å². The number of rotatable bonds is 6. The number of ether oxygens (including phenoxy) is 2. The molecule has 170 valence electrons. The minimum absolute atomic E-state index is 0.322. The van der Waals surface area contributed by atoms with Gasteiger partial charge in [-0.3, -0.25) is 9.08 Å². The van der Waals surface area contributed by atoms with Crippen LogP contribution in [0, 0.1) is 0 Å². The summed E-state index contributed by atoms with van der Waals surface area (Å²) >= 11 is 0. The van der Waals surface area contributed by atoms with Crippen molar-refractivity contribution >= 4 is 22.1 Å². The van der Waals surface area contributed by atoms with Crippen molar-refractivity contribution in [1.29, 1.82) is 0 Å². The number of nitrogens with zero attached hydrogens (tertiary/aromatic N) is 1. The molecule has 2 fully saturated rings. The Morgan fingerprint density at radius 2 is 1.47 bits per heavy atom. The third-order valence-electron chi connectivity index (χ3n) is 5.70. The van der Waals surface area contributed by atoms with Crippen molar-refractivity contribution in [3.05, 3.63) is 71.8 Å². The van der Waals surface area contributed by atoms with E-state index in [0.717, 1.165) is 6.26 Å². The first-order chi connectivity index (χ1) is 15.3. The van der Waals surface area contributed by atoms with Crippen molar-refractivity contribution in [3.8, 4) is 0 Å². The van der Waals surface area contributed by atoms with E-state index in [9.17, 15) is 18.0 Å². The fourth-order valence-electron chi connectivity index (χ4n) is 4.30. The molecular formula is C23H25NO7S. The number of hydrogen-bond donors (Lipinski definition) is 0. The molecule has 8 nitrogen and oxygen atoms in total. The summed E-state index contributed by atoms with van der Waals surface area (Å²) in [5.74, 6) is -1.02. The van der Waals surface area contributed by atoms with Crippen molar-refractivity contribution in [3.63, 3.8) is 0 Å². The topological polar surface area (TPSA) is 99.2 Å². The van der Waals surface area contributed by atoms with E-state index in [2.05, 4.69) is 4.90 Å². The first-order valence-electron chi connectivity index (χ1n) is 10.4. The molecular weight excluding hydrogens is 434 g/mol. The van der Waals surface area contributed by atoms with Gasteiger partial charge < -0.3 is 9.47 Å². The maximum Gasteiger partial charge on any atom is 0.338 e. The molecule has 0 N–H and O–H groups in total. The maximum atomic E-state index is 12.8. The first-order valence-corrected chi connectivity index (χ1v) is 12.3. The lowest BCUT2D eigenvalue weighted by molar-refractivity contribution is -0.0330. The molecule has 2 heterocycles. The first kappa shape index (κ1) is 22.4. The van der Waals surface area contributed by atoms with E-state index in [1.165, 1.54) is 0 Å². The predicted molar refractivity (Wildman–Crippen MR) is 116 cm³/mol. The van der Waals surface area contributed by atoms with Crippen molar-refractivity contribution in [2.45, 2.75) is 37.2 Å². The highest BCUT2D eigenvalue weighted by molar-refractivity contribution is 7.86. The van der Waals surface area contributed by atoms with Gasteiger partial charge in [0.1, 0.15) is 0 Å². The molecule has 4 atom stereocenters. The summed E-state index contributed by atoms with van der Waals surface area (Å²) in [6, 6.07) is 16.9. The SMILES string of the molecule is CS(=O)(=O)O[C@@H]1CCN2C[C@H](OC(=O)c3ccccc3)[C@@H](OC(=O)c3ccccc3)[C@@H]2C1. The van der Waals surface area contributed by atoms with Crippen molar-refractivity contribution in [1.82, 2.24) is 4.90 Å². The van der Waals surface area contributed by atoms with Crippen LogP contribution in [0.4, 0.5) is 0 Å². The van der Waals surface area contributed by atoms with Gasteiger partial charge in [0.25, 0.3) is 10.1 Å². The molecule has 9 heteroatoms. The molecule has 0 saturated carbocycles. The summed E-state index contributed by atoms with van der Waals surface area (Å²) in [5, 5.41) is 0. The molecule has 0 amide bonds. The summed E-state index contributed by atoms with van der Waals surface area (Å²) in [7, 11) is -3.62. The minimum Gasteiger partial charge on any atom is -0.453 e. The molecule has 0 aliphatic carbocycles. The van der Waals surface area contributed by atoms with Crippen molar-refractivity contribution < 1.29 is 31.7 Å². The van der Waals surface area contributed by atoms with Gasteiger partial charge >= 0.3 is 11.9 Å². The quantitative estimate of drug-likeness (QED) is 0.479. The number of fused-ring (bicyclic) bond motifs is 1. The summed E-state index contributed by atoms with van der Waals surface area (Å²) in [5.41, 5.74) is 0.794. The summed E-state index contributed by atoms with van der Waals surface area (Å²) in [6.07, 6.45) is -0.0706. The highest BCUT2D eigenvalue weighted by Crippen LogP contribution is 2.33. The van der Waals surface area contributed by atoms with Crippen molar-refractivity contribution in [2.24, 2.45) is 0 Å². The smallest absolute Gasteiger partial charge is 0.338 e. The van der Waals surface area contributed by atoms with Gasteiger partial charge in [-0.15, -0.1) is 0 Å². The summed E-state index contributed by atoms with van der Waals surface area (Å²) < 4.78 is 40.0. The lowest BCUT2D eigenvalue weighted by Crippen LogP contribution is -2.47. The van der Waals surface area contributed by atoms with Crippen LogP contribution in [-0.2, 0) is 23.8 Å². The Hall–Kier alpha value is -2.75. The van der Waals surface area contributed by atoms with Gasteiger partial charge in [0, 0.05) is 13.1 Å². The molecule has 0 bridgehead atoms. The standard InChI is InChI=1S/C23H25NO7S/c1-32(27,28)31-18-12-13-24-15-20(29-22(25)16-8-4-2-5-9-16)21(19(24)14-18)30-23(26)17-10-6-3-7-11-17/h2-11,18-21H,12-15H2,1H3/t18-,19+,20+,21+/m1/s1. The summed E-state index contributed by atoms with van der Waals surface area (Å²) in [4.78, 5) is 27.5. The second-order valence-electron chi connectivity index (χ2n) is 8.05. The van der Waals surface area contributed by atoms with Gasteiger partial charge in [0.05, 0.1) is 29.5 Å². The van der Waals surface area contributed by atoms with Crippen LogP contribution in [0.1, 0.15) is 33.6 Å². The third kappa shape index (κ3) is 5.35. The van der Waals surface area contributed by atoms with E-state index in [0.29, 0.717) is 37.1 Å². The number of esters is 2. The number of carbonyl (C=O) groups excluding carboxylic acids is 2. The predicted octanol–water partition coefficient (Wildman–Crippen LogP) is 2.26. The fourth-order valence-corrected chi connectivity index (χ4v) is 4.97. The van der Waals surface area contributed by atoms with Crippen LogP contribution in [-0.4, -0.2) is 69.0 Å². The molecule has 2 aliphatic rings. The second-order valence-corrected chi connectivity index (χ2v) is 9.66. The van der Waals surface area contributed by atoms with Gasteiger partial charge in [-0.2, -0.15) is 8.42 Å². The lowest BCUT2D eigenvalue weighted by Gasteiger charge is -2.35. The average Bonchev–Trinajstić information content (AvgIpc) is 3.10. The zero-order valence-electron chi connectivity index (χ0n) is 17.6. The largest absolute Gasteiger partial charge is 0.453 e.